The zero-order chi connectivity index (χ0) is 13.8. The molecule has 0 saturated carbocycles. The van der Waals surface area contributed by atoms with Gasteiger partial charge in [0.25, 0.3) is 5.91 Å². The Morgan fingerprint density at radius 1 is 1.63 bits per heavy atom. The molecular weight excluding hydrogens is 240 g/mol. The normalized spacial score (nSPS) is 19.4. The van der Waals surface area contributed by atoms with E-state index in [0.717, 1.165) is 18.8 Å². The molecule has 1 fully saturated rings. The van der Waals surface area contributed by atoms with Gasteiger partial charge in [0.2, 0.25) is 0 Å². The standard InChI is InChI=1S/C14H22N4O/c1-15-13-9-16-7-6-12(13)14(19)18(3)10-11-5-4-8-17(11)2/h6-7,9,11,15H,4-5,8,10H2,1-3H3. The van der Waals surface area contributed by atoms with Crippen LogP contribution >= 0.6 is 0 Å². The topological polar surface area (TPSA) is 48.5 Å². The molecule has 0 aromatic carbocycles. The third-order valence-electron chi connectivity index (χ3n) is 3.82. The number of hydrogen-bond donors (Lipinski definition) is 1. The fraction of sp³-hybridized carbons (Fsp3) is 0.571. The fourth-order valence-electron chi connectivity index (χ4n) is 2.59. The lowest BCUT2D eigenvalue weighted by atomic mass is 10.1. The molecule has 1 saturated heterocycles. The Kier molecular flexibility index (Phi) is 4.37. The van der Waals surface area contributed by atoms with Crippen molar-refractivity contribution >= 4 is 11.6 Å². The molecule has 2 rings (SSSR count). The van der Waals surface area contributed by atoms with Gasteiger partial charge in [-0.1, -0.05) is 0 Å². The number of likely N-dealkylation sites (tertiary alicyclic amines) is 1. The molecule has 1 amide bonds. The third-order valence-corrected chi connectivity index (χ3v) is 3.82. The number of likely N-dealkylation sites (N-methyl/N-ethyl adjacent to an activating group) is 2. The van der Waals surface area contributed by atoms with Crippen molar-refractivity contribution in [3.63, 3.8) is 0 Å². The van der Waals surface area contributed by atoms with E-state index < -0.39 is 0 Å². The molecule has 0 radical (unpaired) electrons. The fourth-order valence-corrected chi connectivity index (χ4v) is 2.59. The van der Waals surface area contributed by atoms with Gasteiger partial charge in [0.05, 0.1) is 17.4 Å². The van der Waals surface area contributed by atoms with Crippen molar-refractivity contribution in [2.24, 2.45) is 0 Å². The molecule has 1 aromatic rings. The first-order chi connectivity index (χ1) is 9.13. The minimum Gasteiger partial charge on any atom is -0.386 e. The minimum atomic E-state index is 0.0482. The number of nitrogens with zero attached hydrogens (tertiary/aromatic N) is 3. The predicted molar refractivity (Wildman–Crippen MR) is 76.4 cm³/mol. The maximum atomic E-state index is 12.5. The summed E-state index contributed by atoms with van der Waals surface area (Å²) in [4.78, 5) is 20.6. The zero-order valence-electron chi connectivity index (χ0n) is 11.9. The van der Waals surface area contributed by atoms with E-state index in [0.29, 0.717) is 11.6 Å². The van der Waals surface area contributed by atoms with Crippen molar-refractivity contribution in [1.82, 2.24) is 14.8 Å². The van der Waals surface area contributed by atoms with Gasteiger partial charge in [-0.15, -0.1) is 0 Å². The van der Waals surface area contributed by atoms with Crippen molar-refractivity contribution in [1.29, 1.82) is 0 Å². The smallest absolute Gasteiger partial charge is 0.255 e. The largest absolute Gasteiger partial charge is 0.386 e. The molecule has 1 aromatic heterocycles. The van der Waals surface area contributed by atoms with Gasteiger partial charge in [-0.05, 0) is 32.5 Å². The van der Waals surface area contributed by atoms with Gasteiger partial charge >= 0.3 is 0 Å². The van der Waals surface area contributed by atoms with Gasteiger partial charge < -0.3 is 15.1 Å². The molecule has 1 atom stereocenters. The lowest BCUT2D eigenvalue weighted by Gasteiger charge is -2.26. The second kappa shape index (κ2) is 6.02. The van der Waals surface area contributed by atoms with Gasteiger partial charge in [-0.25, -0.2) is 0 Å². The van der Waals surface area contributed by atoms with Crippen molar-refractivity contribution < 1.29 is 4.79 Å². The molecule has 2 heterocycles. The van der Waals surface area contributed by atoms with Crippen LogP contribution in [0.1, 0.15) is 23.2 Å². The highest BCUT2D eigenvalue weighted by molar-refractivity contribution is 5.99. The summed E-state index contributed by atoms with van der Waals surface area (Å²) < 4.78 is 0. The minimum absolute atomic E-state index is 0.0482. The van der Waals surface area contributed by atoms with Crippen LogP contribution in [0.5, 0.6) is 0 Å². The van der Waals surface area contributed by atoms with Crippen LogP contribution in [-0.2, 0) is 0 Å². The number of anilines is 1. The average molecular weight is 262 g/mol. The molecule has 0 bridgehead atoms. The molecule has 5 heteroatoms. The van der Waals surface area contributed by atoms with Crippen LogP contribution in [0.25, 0.3) is 0 Å². The first kappa shape index (κ1) is 13.8. The van der Waals surface area contributed by atoms with Gasteiger partial charge in [0, 0.05) is 32.9 Å². The van der Waals surface area contributed by atoms with Crippen LogP contribution in [0.3, 0.4) is 0 Å². The van der Waals surface area contributed by atoms with Crippen molar-refractivity contribution in [3.05, 3.63) is 24.0 Å². The number of pyridine rings is 1. The quantitative estimate of drug-likeness (QED) is 0.888. The highest BCUT2D eigenvalue weighted by Crippen LogP contribution is 2.18. The van der Waals surface area contributed by atoms with Crippen LogP contribution in [0, 0.1) is 0 Å². The first-order valence-electron chi connectivity index (χ1n) is 6.71. The van der Waals surface area contributed by atoms with E-state index in [1.54, 1.807) is 25.5 Å². The van der Waals surface area contributed by atoms with E-state index in [-0.39, 0.29) is 5.91 Å². The Morgan fingerprint density at radius 2 is 2.42 bits per heavy atom. The average Bonchev–Trinajstić information content (AvgIpc) is 2.83. The predicted octanol–water partition coefficient (Wildman–Crippen LogP) is 1.29. The number of aromatic nitrogens is 1. The molecule has 0 aliphatic carbocycles. The number of nitrogens with one attached hydrogen (secondary N) is 1. The summed E-state index contributed by atoms with van der Waals surface area (Å²) in [5, 5.41) is 3.01. The second-order valence-corrected chi connectivity index (χ2v) is 5.13. The maximum Gasteiger partial charge on any atom is 0.255 e. The summed E-state index contributed by atoms with van der Waals surface area (Å²) in [6.45, 7) is 1.91. The molecule has 19 heavy (non-hydrogen) atoms. The van der Waals surface area contributed by atoms with Gasteiger partial charge in [0.15, 0.2) is 0 Å². The summed E-state index contributed by atoms with van der Waals surface area (Å²) in [5.41, 5.74) is 1.46. The second-order valence-electron chi connectivity index (χ2n) is 5.13. The summed E-state index contributed by atoms with van der Waals surface area (Å²) in [6, 6.07) is 2.25. The molecule has 1 unspecified atom stereocenters. The van der Waals surface area contributed by atoms with Crippen LogP contribution in [0.2, 0.25) is 0 Å². The Balaban J connectivity index is 2.06. The van der Waals surface area contributed by atoms with Crippen LogP contribution in [0.4, 0.5) is 5.69 Å². The van der Waals surface area contributed by atoms with Crippen molar-refractivity contribution in [2.75, 3.05) is 39.5 Å². The molecule has 1 aliphatic heterocycles. The molecular formula is C14H22N4O. The third kappa shape index (κ3) is 3.04. The summed E-state index contributed by atoms with van der Waals surface area (Å²) in [5.74, 6) is 0.0482. The molecule has 5 nitrogen and oxygen atoms in total. The zero-order valence-corrected chi connectivity index (χ0v) is 11.9. The lowest BCUT2D eigenvalue weighted by Crippen LogP contribution is -2.39. The Bertz CT molecular complexity index is 449. The Labute approximate surface area is 114 Å². The number of carbonyl (C=O) groups excluding carboxylic acids is 1. The highest BCUT2D eigenvalue weighted by Gasteiger charge is 2.25. The van der Waals surface area contributed by atoms with E-state index in [4.69, 9.17) is 0 Å². The van der Waals surface area contributed by atoms with E-state index in [2.05, 4.69) is 22.2 Å². The van der Waals surface area contributed by atoms with Crippen molar-refractivity contribution in [2.45, 2.75) is 18.9 Å². The van der Waals surface area contributed by atoms with E-state index in [1.165, 1.54) is 12.8 Å². The number of hydrogen-bond acceptors (Lipinski definition) is 4. The van der Waals surface area contributed by atoms with E-state index >= 15 is 0 Å². The van der Waals surface area contributed by atoms with Crippen LogP contribution in [0.15, 0.2) is 18.5 Å². The molecule has 0 spiro atoms. The van der Waals surface area contributed by atoms with E-state index in [1.807, 2.05) is 11.9 Å². The van der Waals surface area contributed by atoms with Crippen LogP contribution < -0.4 is 5.32 Å². The van der Waals surface area contributed by atoms with Gasteiger partial charge in [-0.3, -0.25) is 9.78 Å². The lowest BCUT2D eigenvalue weighted by molar-refractivity contribution is 0.0762. The Hall–Kier alpha value is -1.62. The monoisotopic (exact) mass is 262 g/mol. The maximum absolute atomic E-state index is 12.5. The molecule has 1 N–H and O–H groups in total. The number of carbonyl (C=O) groups is 1. The summed E-state index contributed by atoms with van der Waals surface area (Å²) in [7, 11) is 5.80. The molecule has 1 aliphatic rings. The molecule has 104 valence electrons. The number of amides is 1. The first-order valence-corrected chi connectivity index (χ1v) is 6.71. The SMILES string of the molecule is CNc1cnccc1C(=O)N(C)CC1CCCN1C. The Morgan fingerprint density at radius 3 is 3.05 bits per heavy atom. The highest BCUT2D eigenvalue weighted by atomic mass is 16.2. The number of rotatable bonds is 4. The van der Waals surface area contributed by atoms with Crippen LogP contribution in [-0.4, -0.2) is 61.0 Å². The van der Waals surface area contributed by atoms with Gasteiger partial charge in [-0.2, -0.15) is 0 Å². The van der Waals surface area contributed by atoms with Gasteiger partial charge in [0.1, 0.15) is 0 Å². The summed E-state index contributed by atoms with van der Waals surface area (Å²) >= 11 is 0. The summed E-state index contributed by atoms with van der Waals surface area (Å²) in [6.07, 6.45) is 5.73. The van der Waals surface area contributed by atoms with Crippen molar-refractivity contribution in [3.8, 4) is 0 Å². The van der Waals surface area contributed by atoms with E-state index in [9.17, 15) is 4.79 Å².